The Kier molecular flexibility index (Phi) is 3.05. The molecule has 0 aliphatic heterocycles. The van der Waals surface area contributed by atoms with E-state index in [2.05, 4.69) is 4.98 Å². The van der Waals surface area contributed by atoms with Gasteiger partial charge in [-0.1, -0.05) is 36.4 Å². The number of hydrogen-bond donors (Lipinski definition) is 1. The molecule has 0 unspecified atom stereocenters. The van der Waals surface area contributed by atoms with Gasteiger partial charge in [0.05, 0.1) is 11.4 Å². The Labute approximate surface area is 115 Å². The summed E-state index contributed by atoms with van der Waals surface area (Å²) < 4.78 is 1.88. The molecule has 98 valence electrons. The molecule has 0 saturated carbocycles. The lowest BCUT2D eigenvalue weighted by atomic mass is 10.1. The SMILES string of the molecule is O=C(O)/C=C/c1c(-c2ccccc2)nc2ccccn12. The zero-order chi connectivity index (χ0) is 13.9. The topological polar surface area (TPSA) is 54.6 Å². The Balaban J connectivity index is 2.25. The van der Waals surface area contributed by atoms with Crippen molar-refractivity contribution in [3.8, 4) is 11.3 Å². The third-order valence-corrected chi connectivity index (χ3v) is 3.00. The van der Waals surface area contributed by atoms with Crippen LogP contribution in [-0.2, 0) is 4.79 Å². The second kappa shape index (κ2) is 5.01. The summed E-state index contributed by atoms with van der Waals surface area (Å²) in [5, 5.41) is 8.83. The number of fused-ring (bicyclic) bond motifs is 1. The van der Waals surface area contributed by atoms with Crippen LogP contribution >= 0.6 is 0 Å². The van der Waals surface area contributed by atoms with Gasteiger partial charge in [0.2, 0.25) is 0 Å². The highest BCUT2D eigenvalue weighted by atomic mass is 16.4. The summed E-state index contributed by atoms with van der Waals surface area (Å²) in [5.74, 6) is -0.977. The van der Waals surface area contributed by atoms with Crippen LogP contribution in [0, 0.1) is 0 Å². The van der Waals surface area contributed by atoms with Crippen molar-refractivity contribution in [3.63, 3.8) is 0 Å². The number of nitrogens with zero attached hydrogens (tertiary/aromatic N) is 2. The molecule has 0 aliphatic rings. The lowest BCUT2D eigenvalue weighted by Gasteiger charge is -1.99. The quantitative estimate of drug-likeness (QED) is 0.739. The molecule has 0 atom stereocenters. The number of carboxylic acids is 1. The van der Waals surface area contributed by atoms with Gasteiger partial charge in [-0.3, -0.25) is 4.40 Å². The molecule has 0 amide bonds. The second-order valence-corrected chi connectivity index (χ2v) is 4.31. The molecular formula is C16H12N2O2. The normalized spacial score (nSPS) is 11.2. The van der Waals surface area contributed by atoms with Gasteiger partial charge < -0.3 is 5.11 Å². The number of aliphatic carboxylic acids is 1. The third kappa shape index (κ3) is 2.19. The molecule has 0 bridgehead atoms. The molecule has 20 heavy (non-hydrogen) atoms. The number of aromatic nitrogens is 2. The van der Waals surface area contributed by atoms with E-state index in [4.69, 9.17) is 5.11 Å². The molecule has 2 heterocycles. The van der Waals surface area contributed by atoms with Gasteiger partial charge in [0.1, 0.15) is 5.65 Å². The molecule has 3 aromatic rings. The van der Waals surface area contributed by atoms with Crippen LogP contribution in [0.25, 0.3) is 23.0 Å². The van der Waals surface area contributed by atoms with E-state index >= 15 is 0 Å². The van der Waals surface area contributed by atoms with Crippen molar-refractivity contribution in [3.05, 3.63) is 66.5 Å². The van der Waals surface area contributed by atoms with Crippen LogP contribution in [0.3, 0.4) is 0 Å². The Hall–Kier alpha value is -2.88. The number of hydrogen-bond acceptors (Lipinski definition) is 2. The smallest absolute Gasteiger partial charge is 0.328 e. The first kappa shape index (κ1) is 12.2. The molecule has 0 fully saturated rings. The maximum absolute atomic E-state index is 10.8. The molecule has 4 nitrogen and oxygen atoms in total. The van der Waals surface area contributed by atoms with Crippen molar-refractivity contribution in [1.29, 1.82) is 0 Å². The number of benzene rings is 1. The summed E-state index contributed by atoms with van der Waals surface area (Å²) in [6.07, 6.45) is 4.57. The largest absolute Gasteiger partial charge is 0.478 e. The van der Waals surface area contributed by atoms with E-state index in [1.54, 1.807) is 6.08 Å². The van der Waals surface area contributed by atoms with Crippen molar-refractivity contribution in [1.82, 2.24) is 9.38 Å². The molecule has 0 spiro atoms. The second-order valence-electron chi connectivity index (χ2n) is 4.31. The van der Waals surface area contributed by atoms with E-state index < -0.39 is 5.97 Å². The average Bonchev–Trinajstić information content (AvgIpc) is 2.84. The maximum Gasteiger partial charge on any atom is 0.328 e. The molecule has 1 aromatic carbocycles. The third-order valence-electron chi connectivity index (χ3n) is 3.00. The van der Waals surface area contributed by atoms with Gasteiger partial charge in [-0.15, -0.1) is 0 Å². The van der Waals surface area contributed by atoms with Crippen molar-refractivity contribution in [2.24, 2.45) is 0 Å². The van der Waals surface area contributed by atoms with E-state index in [0.717, 1.165) is 28.7 Å². The predicted molar refractivity (Wildman–Crippen MR) is 77.3 cm³/mol. The van der Waals surface area contributed by atoms with E-state index in [0.29, 0.717) is 0 Å². The maximum atomic E-state index is 10.8. The highest BCUT2D eigenvalue weighted by Gasteiger charge is 2.11. The van der Waals surface area contributed by atoms with Gasteiger partial charge >= 0.3 is 5.97 Å². The van der Waals surface area contributed by atoms with Crippen molar-refractivity contribution >= 4 is 17.7 Å². The average molecular weight is 264 g/mol. The number of imidazole rings is 1. The van der Waals surface area contributed by atoms with Gasteiger partial charge in [-0.2, -0.15) is 0 Å². The van der Waals surface area contributed by atoms with Gasteiger partial charge in [-0.05, 0) is 18.2 Å². The summed E-state index contributed by atoms with van der Waals surface area (Å²) in [6.45, 7) is 0. The minimum atomic E-state index is -0.977. The van der Waals surface area contributed by atoms with Gasteiger partial charge in [-0.25, -0.2) is 9.78 Å². The van der Waals surface area contributed by atoms with Gasteiger partial charge in [0, 0.05) is 17.8 Å². The summed E-state index contributed by atoms with van der Waals surface area (Å²) in [7, 11) is 0. The summed E-state index contributed by atoms with van der Waals surface area (Å²) in [4.78, 5) is 15.3. The van der Waals surface area contributed by atoms with Crippen molar-refractivity contribution in [2.45, 2.75) is 0 Å². The first-order valence-electron chi connectivity index (χ1n) is 6.19. The van der Waals surface area contributed by atoms with Crippen molar-refractivity contribution < 1.29 is 9.90 Å². The molecule has 0 saturated heterocycles. The fourth-order valence-electron chi connectivity index (χ4n) is 2.13. The zero-order valence-electron chi connectivity index (χ0n) is 10.6. The molecule has 0 radical (unpaired) electrons. The number of pyridine rings is 1. The van der Waals surface area contributed by atoms with E-state index in [9.17, 15) is 4.79 Å². The number of rotatable bonds is 3. The highest BCUT2D eigenvalue weighted by Crippen LogP contribution is 2.25. The van der Waals surface area contributed by atoms with E-state index in [1.807, 2.05) is 59.1 Å². The van der Waals surface area contributed by atoms with Crippen molar-refractivity contribution in [2.75, 3.05) is 0 Å². The predicted octanol–water partition coefficient (Wildman–Crippen LogP) is 3.10. The molecule has 3 rings (SSSR count). The molecule has 4 heteroatoms. The van der Waals surface area contributed by atoms with Crippen LogP contribution in [0.2, 0.25) is 0 Å². The van der Waals surface area contributed by atoms with E-state index in [-0.39, 0.29) is 0 Å². The summed E-state index contributed by atoms with van der Waals surface area (Å²) in [6, 6.07) is 15.4. The van der Waals surface area contributed by atoms with Crippen LogP contribution in [-0.4, -0.2) is 20.5 Å². The van der Waals surface area contributed by atoms with Crippen LogP contribution in [0.5, 0.6) is 0 Å². The number of carboxylic acid groups (broad SMARTS) is 1. The fraction of sp³-hybridized carbons (Fsp3) is 0. The summed E-state index contributed by atoms with van der Waals surface area (Å²) in [5.41, 5.74) is 3.28. The van der Waals surface area contributed by atoms with Crippen LogP contribution in [0.15, 0.2) is 60.8 Å². The molecule has 0 aliphatic carbocycles. The minimum Gasteiger partial charge on any atom is -0.478 e. The standard InChI is InChI=1S/C16H12N2O2/c19-15(20)10-9-13-16(12-6-2-1-3-7-12)17-14-8-4-5-11-18(13)14/h1-11H,(H,19,20)/b10-9+. The van der Waals surface area contributed by atoms with Crippen LogP contribution < -0.4 is 0 Å². The Bertz CT molecular complexity index is 789. The molecule has 1 N–H and O–H groups in total. The monoisotopic (exact) mass is 264 g/mol. The van der Waals surface area contributed by atoms with Gasteiger partial charge in [0.15, 0.2) is 0 Å². The number of carbonyl (C=O) groups is 1. The first-order chi connectivity index (χ1) is 9.75. The Morgan fingerprint density at radius 2 is 1.85 bits per heavy atom. The van der Waals surface area contributed by atoms with Gasteiger partial charge in [0.25, 0.3) is 0 Å². The molecular weight excluding hydrogens is 252 g/mol. The summed E-state index contributed by atoms with van der Waals surface area (Å²) >= 11 is 0. The lowest BCUT2D eigenvalue weighted by Crippen LogP contribution is -1.90. The van der Waals surface area contributed by atoms with Crippen LogP contribution in [0.4, 0.5) is 0 Å². The Morgan fingerprint density at radius 1 is 1.10 bits per heavy atom. The first-order valence-corrected chi connectivity index (χ1v) is 6.19. The Morgan fingerprint density at radius 3 is 2.60 bits per heavy atom. The van der Waals surface area contributed by atoms with E-state index in [1.165, 1.54) is 0 Å². The minimum absolute atomic E-state index is 0.759. The fourth-order valence-corrected chi connectivity index (χ4v) is 2.13. The lowest BCUT2D eigenvalue weighted by molar-refractivity contribution is -0.131. The molecule has 2 aromatic heterocycles. The van der Waals surface area contributed by atoms with Crippen LogP contribution in [0.1, 0.15) is 5.69 Å². The zero-order valence-corrected chi connectivity index (χ0v) is 10.6. The highest BCUT2D eigenvalue weighted by molar-refractivity contribution is 5.87.